The van der Waals surface area contributed by atoms with E-state index in [0.717, 1.165) is 0 Å². The topological polar surface area (TPSA) is 120 Å². The number of para-hydroxylation sites is 2. The molecule has 1 heterocycles. The predicted molar refractivity (Wildman–Crippen MR) is 105 cm³/mol. The minimum Gasteiger partial charge on any atom is -0.453 e. The van der Waals surface area contributed by atoms with Gasteiger partial charge < -0.3 is 14.5 Å². The van der Waals surface area contributed by atoms with Gasteiger partial charge in [-0.2, -0.15) is 0 Å². The fourth-order valence-electron chi connectivity index (χ4n) is 2.65. The highest BCUT2D eigenvalue weighted by Crippen LogP contribution is 2.24. The predicted octanol–water partition coefficient (Wildman–Crippen LogP) is 4.28. The summed E-state index contributed by atoms with van der Waals surface area (Å²) in [5.74, 6) is -0.521. The summed E-state index contributed by atoms with van der Waals surface area (Å²) in [6.45, 7) is 1.97. The summed E-state index contributed by atoms with van der Waals surface area (Å²) in [6.07, 6.45) is -0.221. The van der Waals surface area contributed by atoms with Crippen LogP contribution in [0.4, 0.5) is 15.8 Å². The van der Waals surface area contributed by atoms with E-state index in [9.17, 15) is 19.3 Å². The molecule has 0 fully saturated rings. The molecule has 0 saturated carbocycles. The number of benzene rings is 2. The number of esters is 1. The van der Waals surface area contributed by atoms with E-state index in [0.29, 0.717) is 24.2 Å². The average Bonchev–Trinajstić information content (AvgIpc) is 3.22. The molecular formula is C20H19FN4O5. The number of hydrogen-bond acceptors (Lipinski definition) is 8. The van der Waals surface area contributed by atoms with E-state index in [1.165, 1.54) is 30.3 Å². The minimum atomic E-state index is -0.748. The fraction of sp³-hybridized carbons (Fsp3) is 0.250. The van der Waals surface area contributed by atoms with Gasteiger partial charge in [0.05, 0.1) is 4.92 Å². The lowest BCUT2D eigenvalue weighted by molar-refractivity contribution is -0.384. The van der Waals surface area contributed by atoms with Gasteiger partial charge in [-0.25, -0.2) is 4.39 Å². The van der Waals surface area contributed by atoms with Gasteiger partial charge in [-0.15, -0.1) is 10.2 Å². The first-order valence-corrected chi connectivity index (χ1v) is 9.20. The van der Waals surface area contributed by atoms with Crippen LogP contribution in [0, 0.1) is 15.9 Å². The fourth-order valence-corrected chi connectivity index (χ4v) is 2.65. The van der Waals surface area contributed by atoms with E-state index in [1.54, 1.807) is 25.1 Å². The molecule has 1 N–H and O–H groups in total. The molecule has 0 aliphatic heterocycles. The van der Waals surface area contributed by atoms with Crippen molar-refractivity contribution in [2.75, 3.05) is 11.9 Å². The Labute approximate surface area is 171 Å². The molecule has 1 aromatic heterocycles. The van der Waals surface area contributed by atoms with Gasteiger partial charge in [0.2, 0.25) is 5.89 Å². The lowest BCUT2D eigenvalue weighted by atomic mass is 10.2. The first kappa shape index (κ1) is 20.9. The number of halogens is 1. The van der Waals surface area contributed by atoms with Gasteiger partial charge in [-0.1, -0.05) is 12.1 Å². The van der Waals surface area contributed by atoms with Crippen LogP contribution in [0.5, 0.6) is 0 Å². The number of carbonyl (C=O) groups excluding carboxylic acids is 1. The molecule has 3 rings (SSSR count). The Balaban J connectivity index is 1.46. The Bertz CT molecular complexity index is 1020. The van der Waals surface area contributed by atoms with Gasteiger partial charge in [0.25, 0.3) is 11.6 Å². The van der Waals surface area contributed by atoms with Gasteiger partial charge in [-0.05, 0) is 43.7 Å². The van der Waals surface area contributed by atoms with Crippen LogP contribution in [-0.4, -0.2) is 27.6 Å². The van der Waals surface area contributed by atoms with E-state index >= 15 is 0 Å². The standard InChI is InChI=1S/C20H19FN4O5/c1-13(19-23-24-20(30-19)14-8-10-15(21)11-9-14)29-18(26)7-4-12-22-16-5-2-3-6-17(16)25(27)28/h2-3,5-6,8-11,13,22H,4,7,12H2,1H3/t13-/m1/s1. The zero-order valence-corrected chi connectivity index (χ0v) is 16.1. The smallest absolute Gasteiger partial charge is 0.306 e. The summed E-state index contributed by atoms with van der Waals surface area (Å²) in [7, 11) is 0. The largest absolute Gasteiger partial charge is 0.453 e. The van der Waals surface area contributed by atoms with Crippen molar-refractivity contribution < 1.29 is 23.3 Å². The van der Waals surface area contributed by atoms with Crippen LogP contribution in [0.3, 0.4) is 0 Å². The number of nitro benzene ring substituents is 1. The maximum atomic E-state index is 13.0. The highest BCUT2D eigenvalue weighted by molar-refractivity contribution is 5.69. The van der Waals surface area contributed by atoms with Crippen LogP contribution in [0.1, 0.15) is 31.8 Å². The lowest BCUT2D eigenvalue weighted by Crippen LogP contribution is -2.11. The Morgan fingerprint density at radius 1 is 1.23 bits per heavy atom. The molecule has 0 unspecified atom stereocenters. The monoisotopic (exact) mass is 414 g/mol. The highest BCUT2D eigenvalue weighted by Gasteiger charge is 2.19. The number of ether oxygens (including phenoxy) is 1. The van der Waals surface area contributed by atoms with E-state index < -0.39 is 17.0 Å². The first-order chi connectivity index (χ1) is 14.4. The number of anilines is 1. The van der Waals surface area contributed by atoms with Crippen molar-refractivity contribution in [3.05, 3.63) is 70.4 Å². The van der Waals surface area contributed by atoms with Crippen LogP contribution in [0.2, 0.25) is 0 Å². The van der Waals surface area contributed by atoms with Crippen LogP contribution in [-0.2, 0) is 9.53 Å². The summed E-state index contributed by atoms with van der Waals surface area (Å²) in [4.78, 5) is 22.5. The Hall–Kier alpha value is -3.82. The summed E-state index contributed by atoms with van der Waals surface area (Å²) in [6, 6.07) is 11.9. The molecule has 10 heteroatoms. The second-order valence-electron chi connectivity index (χ2n) is 6.39. The van der Waals surface area contributed by atoms with E-state index in [4.69, 9.17) is 9.15 Å². The van der Waals surface area contributed by atoms with Crippen molar-refractivity contribution in [3.8, 4) is 11.5 Å². The van der Waals surface area contributed by atoms with Gasteiger partial charge in [0.1, 0.15) is 11.5 Å². The Morgan fingerprint density at radius 3 is 2.70 bits per heavy atom. The maximum Gasteiger partial charge on any atom is 0.306 e. The molecule has 9 nitrogen and oxygen atoms in total. The van der Waals surface area contributed by atoms with Crippen molar-refractivity contribution in [3.63, 3.8) is 0 Å². The van der Waals surface area contributed by atoms with Gasteiger partial charge in [0.15, 0.2) is 6.10 Å². The molecule has 0 amide bonds. The minimum absolute atomic E-state index is 0.0259. The molecule has 0 aliphatic carbocycles. The third-order valence-corrected chi connectivity index (χ3v) is 4.16. The lowest BCUT2D eigenvalue weighted by Gasteiger charge is -2.10. The van der Waals surface area contributed by atoms with Crippen molar-refractivity contribution in [1.29, 1.82) is 0 Å². The SMILES string of the molecule is C[C@@H](OC(=O)CCCNc1ccccc1[N+](=O)[O-])c1nnc(-c2ccc(F)cc2)o1. The molecule has 2 aromatic carbocycles. The number of nitrogens with zero attached hydrogens (tertiary/aromatic N) is 3. The third kappa shape index (κ3) is 5.37. The molecule has 0 bridgehead atoms. The molecule has 0 aliphatic rings. The van der Waals surface area contributed by atoms with E-state index in [2.05, 4.69) is 15.5 Å². The van der Waals surface area contributed by atoms with Crippen molar-refractivity contribution >= 4 is 17.3 Å². The summed E-state index contributed by atoms with van der Waals surface area (Å²) in [5.41, 5.74) is 0.917. The van der Waals surface area contributed by atoms with Gasteiger partial charge in [-0.3, -0.25) is 14.9 Å². The van der Waals surface area contributed by atoms with Crippen LogP contribution in [0.15, 0.2) is 52.9 Å². The van der Waals surface area contributed by atoms with Crippen molar-refractivity contribution in [1.82, 2.24) is 10.2 Å². The number of carbonyl (C=O) groups is 1. The van der Waals surface area contributed by atoms with Crippen LogP contribution < -0.4 is 5.32 Å². The first-order valence-electron chi connectivity index (χ1n) is 9.20. The van der Waals surface area contributed by atoms with Crippen molar-refractivity contribution in [2.45, 2.75) is 25.9 Å². The Kier molecular flexibility index (Phi) is 6.68. The molecule has 1 atom stereocenters. The molecule has 0 saturated heterocycles. The van der Waals surface area contributed by atoms with Gasteiger partial charge >= 0.3 is 5.97 Å². The quantitative estimate of drug-likeness (QED) is 0.238. The normalized spacial score (nSPS) is 11.7. The van der Waals surface area contributed by atoms with Crippen molar-refractivity contribution in [2.24, 2.45) is 0 Å². The second-order valence-corrected chi connectivity index (χ2v) is 6.39. The molecule has 3 aromatic rings. The summed E-state index contributed by atoms with van der Waals surface area (Å²) in [5, 5.41) is 21.7. The number of nitrogens with one attached hydrogen (secondary N) is 1. The summed E-state index contributed by atoms with van der Waals surface area (Å²) >= 11 is 0. The number of aromatic nitrogens is 2. The van der Waals surface area contributed by atoms with E-state index in [-0.39, 0.29) is 29.7 Å². The van der Waals surface area contributed by atoms with Crippen LogP contribution in [0.25, 0.3) is 11.5 Å². The maximum absolute atomic E-state index is 13.0. The molecule has 0 radical (unpaired) electrons. The summed E-state index contributed by atoms with van der Waals surface area (Å²) < 4.78 is 23.8. The second kappa shape index (κ2) is 9.59. The van der Waals surface area contributed by atoms with E-state index in [1.807, 2.05) is 0 Å². The zero-order valence-electron chi connectivity index (χ0n) is 16.1. The number of rotatable bonds is 9. The Morgan fingerprint density at radius 2 is 1.97 bits per heavy atom. The molecule has 0 spiro atoms. The molecule has 30 heavy (non-hydrogen) atoms. The molecule has 156 valence electrons. The van der Waals surface area contributed by atoms with Crippen LogP contribution >= 0.6 is 0 Å². The van der Waals surface area contributed by atoms with Gasteiger partial charge in [0, 0.05) is 24.6 Å². The zero-order chi connectivity index (χ0) is 21.5. The highest BCUT2D eigenvalue weighted by atomic mass is 19.1. The third-order valence-electron chi connectivity index (χ3n) is 4.16. The molecular weight excluding hydrogens is 395 g/mol. The number of hydrogen-bond donors (Lipinski definition) is 1. The number of nitro groups is 1. The average molecular weight is 414 g/mol.